The summed E-state index contributed by atoms with van der Waals surface area (Å²) in [4.78, 5) is 70.1. The summed E-state index contributed by atoms with van der Waals surface area (Å²) in [5, 5.41) is 24.5. The summed E-state index contributed by atoms with van der Waals surface area (Å²) in [5.74, 6) is -6.35. The molecule has 31 heavy (non-hydrogen) atoms. The van der Waals surface area contributed by atoms with Crippen LogP contribution in [0.1, 0.15) is 19.3 Å². The van der Waals surface area contributed by atoms with E-state index in [9.17, 15) is 28.8 Å². The molecule has 15 heteroatoms. The largest absolute Gasteiger partial charge is 0.481 e. The highest BCUT2D eigenvalue weighted by Crippen LogP contribution is 2.02. The van der Waals surface area contributed by atoms with Crippen molar-refractivity contribution < 1.29 is 39.0 Å². The van der Waals surface area contributed by atoms with Crippen molar-refractivity contribution in [2.75, 3.05) is 17.8 Å². The van der Waals surface area contributed by atoms with E-state index in [4.69, 9.17) is 21.7 Å². The summed E-state index contributed by atoms with van der Waals surface area (Å²) in [6.45, 7) is 0. The van der Waals surface area contributed by atoms with Gasteiger partial charge in [0.15, 0.2) is 0 Å². The fourth-order valence-electron chi connectivity index (χ4n) is 2.18. The van der Waals surface area contributed by atoms with Gasteiger partial charge in [0.05, 0.1) is 18.9 Å². The van der Waals surface area contributed by atoms with Crippen molar-refractivity contribution >= 4 is 60.0 Å². The molecule has 0 aromatic heterocycles. The van der Waals surface area contributed by atoms with Crippen LogP contribution in [0.3, 0.4) is 0 Å². The minimum absolute atomic E-state index is 0.290. The van der Waals surface area contributed by atoms with Crippen molar-refractivity contribution in [1.29, 1.82) is 0 Å². The monoisotopic (exact) mass is 481 g/mol. The van der Waals surface area contributed by atoms with Gasteiger partial charge in [-0.25, -0.2) is 4.79 Å². The SMILES string of the molecule is CSCCC(N)C(=O)NC(CC(=O)O)C(=O)NC(CS)C(=O)NC(CC(N)=O)C(=O)O. The van der Waals surface area contributed by atoms with Gasteiger partial charge in [-0.2, -0.15) is 24.4 Å². The van der Waals surface area contributed by atoms with E-state index in [1.807, 2.05) is 11.6 Å². The number of nitrogens with two attached hydrogens (primary N) is 2. The molecule has 0 heterocycles. The predicted octanol–water partition coefficient (Wildman–Crippen LogP) is -3.11. The Morgan fingerprint density at radius 3 is 1.87 bits per heavy atom. The zero-order chi connectivity index (χ0) is 24.1. The van der Waals surface area contributed by atoms with Crippen LogP contribution in [0.2, 0.25) is 0 Å². The highest BCUT2D eigenvalue weighted by molar-refractivity contribution is 7.98. The van der Waals surface area contributed by atoms with E-state index < -0.39 is 72.6 Å². The number of rotatable bonds is 15. The molecule has 0 aliphatic heterocycles. The Balaban J connectivity index is 5.23. The molecule has 0 aliphatic carbocycles. The number of hydrogen-bond acceptors (Lipinski definition) is 9. The number of hydrogen-bond donors (Lipinski definition) is 8. The molecule has 13 nitrogen and oxygen atoms in total. The average molecular weight is 482 g/mol. The molecule has 176 valence electrons. The van der Waals surface area contributed by atoms with E-state index >= 15 is 0 Å². The van der Waals surface area contributed by atoms with Gasteiger partial charge in [-0.1, -0.05) is 0 Å². The summed E-state index contributed by atoms with van der Waals surface area (Å²) in [7, 11) is 0. The minimum Gasteiger partial charge on any atom is -0.481 e. The third kappa shape index (κ3) is 11.4. The van der Waals surface area contributed by atoms with Crippen LogP contribution < -0.4 is 27.4 Å². The summed E-state index contributed by atoms with van der Waals surface area (Å²) < 4.78 is 0. The first-order valence-electron chi connectivity index (χ1n) is 8.92. The number of carbonyl (C=O) groups is 6. The fraction of sp³-hybridized carbons (Fsp3) is 0.625. The number of carboxylic acids is 2. The second-order valence-corrected chi connectivity index (χ2v) is 7.71. The molecule has 0 aromatic rings. The van der Waals surface area contributed by atoms with Crippen LogP contribution in [0, 0.1) is 0 Å². The van der Waals surface area contributed by atoms with Crippen LogP contribution in [-0.4, -0.2) is 87.7 Å². The maximum Gasteiger partial charge on any atom is 0.326 e. The van der Waals surface area contributed by atoms with Crippen LogP contribution in [0.5, 0.6) is 0 Å². The molecule has 0 radical (unpaired) electrons. The van der Waals surface area contributed by atoms with Crippen molar-refractivity contribution in [3.63, 3.8) is 0 Å². The van der Waals surface area contributed by atoms with E-state index in [1.54, 1.807) is 0 Å². The van der Waals surface area contributed by atoms with Gasteiger partial charge >= 0.3 is 11.9 Å². The number of thioether (sulfide) groups is 1. The Morgan fingerprint density at radius 2 is 1.42 bits per heavy atom. The first-order chi connectivity index (χ1) is 14.4. The third-order valence-corrected chi connectivity index (χ3v) is 4.83. The molecule has 9 N–H and O–H groups in total. The lowest BCUT2D eigenvalue weighted by Gasteiger charge is -2.23. The Morgan fingerprint density at radius 1 is 0.903 bits per heavy atom. The topological polar surface area (TPSA) is 231 Å². The lowest BCUT2D eigenvalue weighted by atomic mass is 10.1. The van der Waals surface area contributed by atoms with E-state index in [1.165, 1.54) is 11.8 Å². The number of primary amides is 1. The summed E-state index contributed by atoms with van der Waals surface area (Å²) in [6.07, 6.45) is 0.645. The number of carbonyl (C=O) groups excluding carboxylic acids is 4. The van der Waals surface area contributed by atoms with Gasteiger partial charge in [0.2, 0.25) is 23.6 Å². The standard InChI is InChI=1S/C16H27N5O8S2/c1-31-3-2-7(17)13(25)19-8(5-12(23)24)14(26)21-10(6-30)15(27)20-9(16(28)29)4-11(18)22/h7-10,30H,2-6,17H2,1H3,(H2,18,22)(H,19,25)(H,20,27)(H,21,26)(H,23,24)(H,28,29). The summed E-state index contributed by atoms with van der Waals surface area (Å²) >= 11 is 5.36. The molecule has 0 aliphatic rings. The Bertz CT molecular complexity index is 693. The second-order valence-electron chi connectivity index (χ2n) is 6.36. The molecule has 0 saturated heterocycles. The maximum absolute atomic E-state index is 12.5. The Hall–Kier alpha value is -2.52. The third-order valence-electron chi connectivity index (χ3n) is 3.82. The molecule has 0 bridgehead atoms. The van der Waals surface area contributed by atoms with E-state index in [0.29, 0.717) is 12.2 Å². The number of amides is 4. The molecular weight excluding hydrogens is 454 g/mol. The Kier molecular flexibility index (Phi) is 13.3. The van der Waals surface area contributed by atoms with Gasteiger partial charge in [0.1, 0.15) is 18.1 Å². The molecule has 4 unspecified atom stereocenters. The van der Waals surface area contributed by atoms with E-state index in [-0.39, 0.29) is 5.75 Å². The Labute approximate surface area is 187 Å². The first-order valence-corrected chi connectivity index (χ1v) is 10.9. The molecule has 4 amide bonds. The lowest BCUT2D eigenvalue weighted by Crippen LogP contribution is -2.58. The average Bonchev–Trinajstić information content (AvgIpc) is 2.67. The zero-order valence-electron chi connectivity index (χ0n) is 16.7. The quantitative estimate of drug-likeness (QED) is 0.110. The van der Waals surface area contributed by atoms with Crippen LogP contribution in [-0.2, 0) is 28.8 Å². The van der Waals surface area contributed by atoms with Crippen molar-refractivity contribution in [2.24, 2.45) is 11.5 Å². The lowest BCUT2D eigenvalue weighted by molar-refractivity contribution is -0.144. The van der Waals surface area contributed by atoms with Crippen molar-refractivity contribution in [3.8, 4) is 0 Å². The molecule has 0 spiro atoms. The van der Waals surface area contributed by atoms with E-state index in [0.717, 1.165) is 0 Å². The van der Waals surface area contributed by atoms with Crippen molar-refractivity contribution in [3.05, 3.63) is 0 Å². The van der Waals surface area contributed by atoms with Crippen molar-refractivity contribution in [2.45, 2.75) is 43.4 Å². The second kappa shape index (κ2) is 14.5. The number of thiol groups is 1. The van der Waals surface area contributed by atoms with Gasteiger partial charge in [0, 0.05) is 5.75 Å². The van der Waals surface area contributed by atoms with Gasteiger partial charge in [-0.15, -0.1) is 0 Å². The molecule has 0 saturated carbocycles. The smallest absolute Gasteiger partial charge is 0.326 e. The van der Waals surface area contributed by atoms with Crippen LogP contribution >= 0.6 is 24.4 Å². The first kappa shape index (κ1) is 28.5. The van der Waals surface area contributed by atoms with Gasteiger partial charge in [0.25, 0.3) is 0 Å². The van der Waals surface area contributed by atoms with Gasteiger partial charge in [-0.3, -0.25) is 24.0 Å². The van der Waals surface area contributed by atoms with Gasteiger partial charge in [-0.05, 0) is 18.4 Å². The normalized spacial score (nSPS) is 14.4. The molecule has 0 aromatic carbocycles. The highest BCUT2D eigenvalue weighted by Gasteiger charge is 2.31. The van der Waals surface area contributed by atoms with Crippen LogP contribution in [0.25, 0.3) is 0 Å². The van der Waals surface area contributed by atoms with Gasteiger partial charge < -0.3 is 37.6 Å². The molecule has 4 atom stereocenters. The number of carboxylic acid groups (broad SMARTS) is 2. The summed E-state index contributed by atoms with van der Waals surface area (Å²) in [5.41, 5.74) is 10.6. The number of aliphatic carboxylic acids is 2. The van der Waals surface area contributed by atoms with E-state index in [2.05, 4.69) is 23.3 Å². The van der Waals surface area contributed by atoms with Crippen LogP contribution in [0.15, 0.2) is 0 Å². The fourth-order valence-corrected chi connectivity index (χ4v) is 2.93. The minimum atomic E-state index is -1.63. The molecule has 0 rings (SSSR count). The number of nitrogens with one attached hydrogen (secondary N) is 3. The maximum atomic E-state index is 12.5. The summed E-state index contributed by atoms with van der Waals surface area (Å²) in [6, 6.07) is -5.52. The zero-order valence-corrected chi connectivity index (χ0v) is 18.4. The highest BCUT2D eigenvalue weighted by atomic mass is 32.2. The van der Waals surface area contributed by atoms with Crippen LogP contribution in [0.4, 0.5) is 0 Å². The van der Waals surface area contributed by atoms with Crippen molar-refractivity contribution in [1.82, 2.24) is 16.0 Å². The molecule has 0 fully saturated rings. The predicted molar refractivity (Wildman–Crippen MR) is 114 cm³/mol. The molecular formula is C16H27N5O8S2.